The number of rotatable bonds is 4. The Morgan fingerprint density at radius 1 is 1.30 bits per heavy atom. The summed E-state index contributed by atoms with van der Waals surface area (Å²) in [6, 6.07) is -1.79. The molecule has 0 radical (unpaired) electrons. The molecule has 1 saturated heterocycles. The fourth-order valence-electron chi connectivity index (χ4n) is 3.29. The molecule has 1 aliphatic carbocycles. The number of hydrogen-bond acceptors (Lipinski definition) is 4. The summed E-state index contributed by atoms with van der Waals surface area (Å²) in [5.41, 5.74) is 0.0488. The van der Waals surface area contributed by atoms with Crippen molar-refractivity contribution in [3.63, 3.8) is 0 Å². The number of hydrogen-bond donors (Lipinski definition) is 1. The van der Waals surface area contributed by atoms with E-state index in [2.05, 4.69) is 10.3 Å². The number of nitrogens with zero attached hydrogens (tertiary/aromatic N) is 1. The van der Waals surface area contributed by atoms with E-state index in [1.54, 1.807) is 0 Å². The van der Waals surface area contributed by atoms with E-state index in [0.29, 0.717) is 24.5 Å². The van der Waals surface area contributed by atoms with Crippen molar-refractivity contribution in [3.8, 4) is 0 Å². The number of alkyl halides is 3. The Morgan fingerprint density at radius 2 is 2.04 bits per heavy atom. The highest BCUT2D eigenvalue weighted by Gasteiger charge is 2.46. The summed E-state index contributed by atoms with van der Waals surface area (Å²) < 4.78 is 45.2. The van der Waals surface area contributed by atoms with Crippen LogP contribution in [0.2, 0.25) is 0 Å². The van der Waals surface area contributed by atoms with Gasteiger partial charge in [-0.05, 0) is 31.6 Å². The molecular formula is C15H19F3N2O2S. The molecule has 0 aromatic carbocycles. The van der Waals surface area contributed by atoms with Gasteiger partial charge in [0.05, 0.1) is 0 Å². The van der Waals surface area contributed by atoms with Crippen molar-refractivity contribution in [2.45, 2.75) is 56.8 Å². The third kappa shape index (κ3) is 3.85. The van der Waals surface area contributed by atoms with Crippen molar-refractivity contribution in [1.82, 2.24) is 10.3 Å². The first-order valence-electron chi connectivity index (χ1n) is 7.90. The zero-order chi connectivity index (χ0) is 16.4. The molecule has 8 heteroatoms. The molecule has 2 fully saturated rings. The van der Waals surface area contributed by atoms with Gasteiger partial charge in [-0.2, -0.15) is 13.2 Å². The normalized spacial score (nSPS) is 24.0. The van der Waals surface area contributed by atoms with Crippen LogP contribution in [-0.4, -0.2) is 29.7 Å². The number of thiazole rings is 1. The predicted molar refractivity (Wildman–Crippen MR) is 79.3 cm³/mol. The summed E-state index contributed by atoms with van der Waals surface area (Å²) in [5, 5.41) is 4.33. The third-order valence-electron chi connectivity index (χ3n) is 4.47. The topological polar surface area (TPSA) is 51.2 Å². The molecule has 0 bridgehead atoms. The van der Waals surface area contributed by atoms with Crippen molar-refractivity contribution in [2.24, 2.45) is 5.92 Å². The van der Waals surface area contributed by atoms with Gasteiger partial charge in [0.15, 0.2) is 0 Å². The second-order valence-corrected chi connectivity index (χ2v) is 7.00. The maximum Gasteiger partial charge on any atom is 0.408 e. The van der Waals surface area contributed by atoms with Crippen LogP contribution in [0.1, 0.15) is 60.1 Å². The van der Waals surface area contributed by atoms with E-state index in [0.717, 1.165) is 25.7 Å². The standard InChI is InChI=1S/C15H19F3N2O2S/c16-15(17,18)12(9-4-1-2-5-9)20-13(21)10-8-23-14(19-10)11-6-3-7-22-11/h8-9,11-12H,1-7H2,(H,20,21)/t11-,12-/m0/s1. The van der Waals surface area contributed by atoms with Crippen molar-refractivity contribution < 1.29 is 22.7 Å². The molecule has 1 aliphatic heterocycles. The SMILES string of the molecule is O=C(N[C@@H](C1CCCC1)C(F)(F)F)c1csc([C@@H]2CCCO2)n1. The van der Waals surface area contributed by atoms with Crippen molar-refractivity contribution in [1.29, 1.82) is 0 Å². The van der Waals surface area contributed by atoms with Crippen molar-refractivity contribution in [2.75, 3.05) is 6.61 Å². The Balaban J connectivity index is 1.68. The van der Waals surface area contributed by atoms with Crippen LogP contribution < -0.4 is 5.32 Å². The summed E-state index contributed by atoms with van der Waals surface area (Å²) in [7, 11) is 0. The molecule has 0 spiro atoms. The Morgan fingerprint density at radius 3 is 2.65 bits per heavy atom. The van der Waals surface area contributed by atoms with Gasteiger partial charge in [-0.3, -0.25) is 4.79 Å². The lowest BCUT2D eigenvalue weighted by Gasteiger charge is -2.26. The Hall–Kier alpha value is -1.15. The molecule has 1 aromatic rings. The number of amides is 1. The average molecular weight is 348 g/mol. The summed E-state index contributed by atoms with van der Waals surface area (Å²) >= 11 is 1.26. The first-order chi connectivity index (χ1) is 10.9. The van der Waals surface area contributed by atoms with Gasteiger partial charge in [0.25, 0.3) is 5.91 Å². The van der Waals surface area contributed by atoms with Crippen LogP contribution >= 0.6 is 11.3 Å². The first-order valence-corrected chi connectivity index (χ1v) is 8.77. The molecule has 1 aromatic heterocycles. The van der Waals surface area contributed by atoms with Crippen LogP contribution in [0.25, 0.3) is 0 Å². The van der Waals surface area contributed by atoms with Crippen LogP contribution in [-0.2, 0) is 4.74 Å². The minimum Gasteiger partial charge on any atom is -0.371 e. The van der Waals surface area contributed by atoms with Gasteiger partial charge in [0.2, 0.25) is 0 Å². The van der Waals surface area contributed by atoms with Gasteiger partial charge >= 0.3 is 6.18 Å². The molecule has 2 aliphatic rings. The highest BCUT2D eigenvalue weighted by molar-refractivity contribution is 7.09. The minimum absolute atomic E-state index is 0.0488. The second kappa shape index (κ2) is 6.76. The molecule has 3 rings (SSSR count). The van der Waals surface area contributed by atoms with Gasteiger partial charge in [-0.25, -0.2) is 4.98 Å². The van der Waals surface area contributed by atoms with Gasteiger partial charge in [-0.1, -0.05) is 12.8 Å². The van der Waals surface area contributed by atoms with Crippen molar-refractivity contribution >= 4 is 17.2 Å². The summed E-state index contributed by atoms with van der Waals surface area (Å²) in [6.07, 6.45) is -0.218. The molecule has 0 unspecified atom stereocenters. The molecule has 1 N–H and O–H groups in total. The number of carbonyl (C=O) groups is 1. The number of ether oxygens (including phenoxy) is 1. The molecule has 1 saturated carbocycles. The van der Waals surface area contributed by atoms with E-state index in [1.807, 2.05) is 0 Å². The summed E-state index contributed by atoms with van der Waals surface area (Å²) in [5.74, 6) is -1.28. The Labute approximate surface area is 136 Å². The largest absolute Gasteiger partial charge is 0.408 e. The highest BCUT2D eigenvalue weighted by Crippen LogP contribution is 2.36. The zero-order valence-corrected chi connectivity index (χ0v) is 13.4. The van der Waals surface area contributed by atoms with Crippen LogP contribution in [0.3, 0.4) is 0 Å². The van der Waals surface area contributed by atoms with Gasteiger partial charge < -0.3 is 10.1 Å². The van der Waals surface area contributed by atoms with E-state index >= 15 is 0 Å². The number of carbonyl (C=O) groups excluding carboxylic acids is 1. The Bertz CT molecular complexity index is 549. The number of halogens is 3. The molecule has 1 amide bonds. The molecule has 23 heavy (non-hydrogen) atoms. The molecule has 2 atom stereocenters. The Kier molecular flexibility index (Phi) is 4.91. The van der Waals surface area contributed by atoms with Crippen LogP contribution in [0.15, 0.2) is 5.38 Å². The highest BCUT2D eigenvalue weighted by atomic mass is 32.1. The minimum atomic E-state index is -4.43. The van der Waals surface area contributed by atoms with Gasteiger partial charge in [0, 0.05) is 12.0 Å². The fourth-order valence-corrected chi connectivity index (χ4v) is 4.17. The van der Waals surface area contributed by atoms with Gasteiger partial charge in [0.1, 0.15) is 22.8 Å². The van der Waals surface area contributed by atoms with Crippen LogP contribution in [0.4, 0.5) is 13.2 Å². The van der Waals surface area contributed by atoms with Crippen LogP contribution in [0, 0.1) is 5.92 Å². The number of aromatic nitrogens is 1. The lowest BCUT2D eigenvalue weighted by Crippen LogP contribution is -2.49. The summed E-state index contributed by atoms with van der Waals surface area (Å²) in [6.45, 7) is 0.656. The third-order valence-corrected chi connectivity index (χ3v) is 5.41. The lowest BCUT2D eigenvalue weighted by molar-refractivity contribution is -0.164. The molecule has 4 nitrogen and oxygen atoms in total. The number of nitrogens with one attached hydrogen (secondary N) is 1. The maximum atomic E-state index is 13.2. The van der Waals surface area contributed by atoms with E-state index in [4.69, 9.17) is 4.74 Å². The summed E-state index contributed by atoms with van der Waals surface area (Å²) in [4.78, 5) is 16.3. The zero-order valence-electron chi connectivity index (χ0n) is 12.6. The van der Waals surface area contributed by atoms with E-state index in [1.165, 1.54) is 16.7 Å². The average Bonchev–Trinajstić information content (AvgIpc) is 3.23. The monoisotopic (exact) mass is 348 g/mol. The lowest BCUT2D eigenvalue weighted by atomic mass is 9.97. The van der Waals surface area contributed by atoms with Crippen LogP contribution in [0.5, 0.6) is 0 Å². The maximum absolute atomic E-state index is 13.2. The quantitative estimate of drug-likeness (QED) is 0.899. The molecule has 2 heterocycles. The van der Waals surface area contributed by atoms with Gasteiger partial charge in [-0.15, -0.1) is 11.3 Å². The van der Waals surface area contributed by atoms with E-state index < -0.39 is 24.0 Å². The molecular weight excluding hydrogens is 329 g/mol. The van der Waals surface area contributed by atoms with Crippen molar-refractivity contribution in [3.05, 3.63) is 16.1 Å². The molecule has 128 valence electrons. The van der Waals surface area contributed by atoms with E-state index in [9.17, 15) is 18.0 Å². The predicted octanol–water partition coefficient (Wildman–Crippen LogP) is 3.85. The fraction of sp³-hybridized carbons (Fsp3) is 0.733. The second-order valence-electron chi connectivity index (χ2n) is 6.11. The van der Waals surface area contributed by atoms with E-state index in [-0.39, 0.29) is 11.8 Å². The first kappa shape index (κ1) is 16.7. The smallest absolute Gasteiger partial charge is 0.371 e.